The lowest BCUT2D eigenvalue weighted by atomic mass is 10.0. The second-order valence-corrected chi connectivity index (χ2v) is 6.78. The second-order valence-electron chi connectivity index (χ2n) is 6.37. The van der Waals surface area contributed by atoms with Gasteiger partial charge in [0.15, 0.2) is 0 Å². The molecule has 0 heterocycles. The minimum atomic E-state index is -1.27. The Morgan fingerprint density at radius 1 is 1.17 bits per heavy atom. The van der Waals surface area contributed by atoms with Crippen LogP contribution in [0.4, 0.5) is 10.1 Å². The minimum Gasteiger partial charge on any atom is -0.462 e. The summed E-state index contributed by atoms with van der Waals surface area (Å²) in [5, 5.41) is 2.66. The topological polar surface area (TPSA) is 75.7 Å². The molecule has 2 rings (SSSR count). The third-order valence-corrected chi connectivity index (χ3v) is 4.56. The first-order valence-corrected chi connectivity index (χ1v) is 9.39. The monoisotopic (exact) mass is 420 g/mol. The van der Waals surface area contributed by atoms with Crippen LogP contribution in [0.5, 0.6) is 0 Å². The summed E-state index contributed by atoms with van der Waals surface area (Å²) in [5.41, 5.74) is 0.617. The molecule has 2 aromatic rings. The molecule has 0 fully saturated rings. The zero-order valence-electron chi connectivity index (χ0n) is 16.4. The fourth-order valence-corrected chi connectivity index (χ4v) is 2.90. The summed E-state index contributed by atoms with van der Waals surface area (Å²) >= 11 is 6.11. The van der Waals surface area contributed by atoms with Crippen molar-refractivity contribution in [1.29, 1.82) is 0 Å². The van der Waals surface area contributed by atoms with Crippen LogP contribution in [0.3, 0.4) is 0 Å². The fraction of sp³-hybridized carbons (Fsp3) is 0.286. The van der Waals surface area contributed by atoms with Crippen molar-refractivity contribution in [3.8, 4) is 0 Å². The van der Waals surface area contributed by atoms with E-state index >= 15 is 0 Å². The van der Waals surface area contributed by atoms with Gasteiger partial charge in [-0.1, -0.05) is 24.6 Å². The van der Waals surface area contributed by atoms with Crippen LogP contribution < -0.4 is 5.32 Å². The summed E-state index contributed by atoms with van der Waals surface area (Å²) in [5.74, 6) is -2.23. The van der Waals surface area contributed by atoms with Gasteiger partial charge in [-0.2, -0.15) is 0 Å². The van der Waals surface area contributed by atoms with Crippen molar-refractivity contribution in [1.82, 2.24) is 4.90 Å². The maximum absolute atomic E-state index is 14.4. The van der Waals surface area contributed by atoms with Crippen molar-refractivity contribution < 1.29 is 23.5 Å². The normalized spacial score (nSPS) is 11.5. The van der Waals surface area contributed by atoms with E-state index in [-0.39, 0.29) is 10.6 Å². The van der Waals surface area contributed by atoms with Crippen molar-refractivity contribution in [3.05, 3.63) is 64.4 Å². The molecule has 0 aliphatic heterocycles. The Kier molecular flexibility index (Phi) is 7.73. The maximum atomic E-state index is 14.4. The van der Waals surface area contributed by atoms with E-state index in [1.54, 1.807) is 0 Å². The van der Waals surface area contributed by atoms with Gasteiger partial charge in [0.25, 0.3) is 5.91 Å². The van der Waals surface area contributed by atoms with E-state index in [0.29, 0.717) is 24.3 Å². The van der Waals surface area contributed by atoms with Gasteiger partial charge in [0, 0.05) is 30.2 Å². The van der Waals surface area contributed by atoms with Gasteiger partial charge in [-0.25, -0.2) is 9.18 Å². The maximum Gasteiger partial charge on any atom is 0.338 e. The highest BCUT2D eigenvalue weighted by atomic mass is 35.5. The summed E-state index contributed by atoms with van der Waals surface area (Å²) in [7, 11) is 1.39. The Labute approximate surface area is 173 Å². The molecular formula is C21H22ClFN2O4. The van der Waals surface area contributed by atoms with Crippen molar-refractivity contribution >= 4 is 35.1 Å². The lowest BCUT2D eigenvalue weighted by Gasteiger charge is -2.27. The number of benzene rings is 2. The standard InChI is InChI=1S/C21H22ClFN2O4/c1-4-12-29-21(28)14-8-10-15(11-9-14)24-20(27)19(25(3)13(2)26)18-16(22)6-5-7-17(18)23/h5-11,19H,4,12H2,1-3H3,(H,24,27)/t19-/m0/s1. The first-order chi connectivity index (χ1) is 13.8. The number of ether oxygens (including phenoxy) is 1. The van der Waals surface area contributed by atoms with Crippen molar-refractivity contribution in [2.75, 3.05) is 19.0 Å². The average molecular weight is 421 g/mol. The second kappa shape index (κ2) is 10.0. The molecule has 1 atom stereocenters. The van der Waals surface area contributed by atoms with Crippen LogP contribution in [0.15, 0.2) is 42.5 Å². The molecule has 2 aromatic carbocycles. The summed E-state index contributed by atoms with van der Waals surface area (Å²) in [6.07, 6.45) is 0.712. The Morgan fingerprint density at radius 2 is 1.83 bits per heavy atom. The third-order valence-electron chi connectivity index (χ3n) is 4.23. The predicted molar refractivity (Wildman–Crippen MR) is 108 cm³/mol. The van der Waals surface area contributed by atoms with Gasteiger partial charge in [-0.05, 0) is 42.8 Å². The number of carbonyl (C=O) groups is 3. The Hall–Kier alpha value is -2.93. The van der Waals surface area contributed by atoms with Crippen LogP contribution in [-0.2, 0) is 14.3 Å². The largest absolute Gasteiger partial charge is 0.462 e. The molecule has 0 unspecified atom stereocenters. The number of amides is 2. The number of nitrogens with one attached hydrogen (secondary N) is 1. The van der Waals surface area contributed by atoms with Gasteiger partial charge in [-0.15, -0.1) is 0 Å². The summed E-state index contributed by atoms with van der Waals surface area (Å²) in [6, 6.07) is 8.83. The molecule has 0 aliphatic carbocycles. The van der Waals surface area contributed by atoms with Gasteiger partial charge < -0.3 is 15.0 Å². The zero-order chi connectivity index (χ0) is 21.6. The number of halogens is 2. The molecule has 0 radical (unpaired) electrons. The molecule has 0 bridgehead atoms. The van der Waals surface area contributed by atoms with Gasteiger partial charge in [0.1, 0.15) is 11.9 Å². The number of carbonyl (C=O) groups excluding carboxylic acids is 3. The molecular weight excluding hydrogens is 399 g/mol. The first kappa shape index (κ1) is 22.4. The molecule has 154 valence electrons. The Morgan fingerprint density at radius 3 is 2.38 bits per heavy atom. The molecule has 29 heavy (non-hydrogen) atoms. The van der Waals surface area contributed by atoms with Crippen LogP contribution in [0, 0.1) is 5.82 Å². The molecule has 0 saturated heterocycles. The molecule has 2 amide bonds. The predicted octanol–water partition coefficient (Wildman–Crippen LogP) is 4.20. The number of hydrogen-bond acceptors (Lipinski definition) is 4. The van der Waals surface area contributed by atoms with Crippen LogP contribution in [0.2, 0.25) is 5.02 Å². The number of hydrogen-bond donors (Lipinski definition) is 1. The van der Waals surface area contributed by atoms with Crippen LogP contribution in [0.25, 0.3) is 0 Å². The van der Waals surface area contributed by atoms with Crippen LogP contribution >= 0.6 is 11.6 Å². The highest BCUT2D eigenvalue weighted by molar-refractivity contribution is 6.31. The highest BCUT2D eigenvalue weighted by Crippen LogP contribution is 2.30. The van der Waals surface area contributed by atoms with Crippen molar-refractivity contribution in [2.24, 2.45) is 0 Å². The van der Waals surface area contributed by atoms with E-state index in [1.165, 1.54) is 56.4 Å². The quantitative estimate of drug-likeness (QED) is 0.681. The summed E-state index contributed by atoms with van der Waals surface area (Å²) in [6.45, 7) is 3.48. The molecule has 0 spiro atoms. The van der Waals surface area contributed by atoms with Gasteiger partial charge >= 0.3 is 5.97 Å². The van der Waals surface area contributed by atoms with E-state index in [2.05, 4.69) is 5.32 Å². The van der Waals surface area contributed by atoms with Crippen molar-refractivity contribution in [2.45, 2.75) is 26.3 Å². The summed E-state index contributed by atoms with van der Waals surface area (Å²) < 4.78 is 19.5. The molecule has 8 heteroatoms. The molecule has 0 aromatic heterocycles. The molecule has 0 aliphatic rings. The molecule has 6 nitrogen and oxygen atoms in total. The summed E-state index contributed by atoms with van der Waals surface area (Å²) in [4.78, 5) is 37.7. The first-order valence-electron chi connectivity index (χ1n) is 9.01. The van der Waals surface area contributed by atoms with Gasteiger partial charge in [-0.3, -0.25) is 9.59 Å². The molecule has 0 saturated carbocycles. The van der Waals surface area contributed by atoms with E-state index < -0.39 is 29.6 Å². The van der Waals surface area contributed by atoms with Gasteiger partial charge in [0.05, 0.1) is 12.2 Å². The smallest absolute Gasteiger partial charge is 0.338 e. The van der Waals surface area contributed by atoms with Crippen LogP contribution in [0.1, 0.15) is 42.2 Å². The number of rotatable bonds is 7. The van der Waals surface area contributed by atoms with Crippen molar-refractivity contribution in [3.63, 3.8) is 0 Å². The minimum absolute atomic E-state index is 0.0345. The van der Waals surface area contributed by atoms with E-state index in [0.717, 1.165) is 4.90 Å². The Bertz CT molecular complexity index is 882. The number of anilines is 1. The third kappa shape index (κ3) is 5.54. The lowest BCUT2D eigenvalue weighted by Crippen LogP contribution is -2.38. The van der Waals surface area contributed by atoms with E-state index in [1.807, 2.05) is 6.92 Å². The zero-order valence-corrected chi connectivity index (χ0v) is 17.1. The van der Waals surface area contributed by atoms with E-state index in [9.17, 15) is 18.8 Å². The number of likely N-dealkylation sites (N-methyl/N-ethyl adjacent to an activating group) is 1. The average Bonchev–Trinajstić information content (AvgIpc) is 2.68. The van der Waals surface area contributed by atoms with Gasteiger partial charge in [0.2, 0.25) is 5.91 Å². The van der Waals surface area contributed by atoms with Crippen LogP contribution in [-0.4, -0.2) is 36.3 Å². The molecule has 1 N–H and O–H groups in total. The SMILES string of the molecule is CCCOC(=O)c1ccc(NC(=O)[C@H](c2c(F)cccc2Cl)N(C)C(C)=O)cc1. The Balaban J connectivity index is 2.26. The van der Waals surface area contributed by atoms with E-state index in [4.69, 9.17) is 16.3 Å². The fourth-order valence-electron chi connectivity index (χ4n) is 2.63. The highest BCUT2D eigenvalue weighted by Gasteiger charge is 2.31. The number of esters is 1. The number of nitrogens with zero attached hydrogens (tertiary/aromatic N) is 1. The lowest BCUT2D eigenvalue weighted by molar-refractivity contribution is -0.135.